The molecule has 3 aromatic rings. The highest BCUT2D eigenvalue weighted by Crippen LogP contribution is 2.26. The minimum absolute atomic E-state index is 0.0449. The van der Waals surface area contributed by atoms with E-state index < -0.39 is 20.0 Å². The van der Waals surface area contributed by atoms with Gasteiger partial charge in [0, 0.05) is 10.2 Å². The lowest BCUT2D eigenvalue weighted by Crippen LogP contribution is -2.16. The van der Waals surface area contributed by atoms with Crippen molar-refractivity contribution in [2.75, 3.05) is 9.44 Å². The van der Waals surface area contributed by atoms with Gasteiger partial charge in [0.1, 0.15) is 0 Å². The number of halogens is 1. The molecular formula is C20H19BrN2O4S2. The van der Waals surface area contributed by atoms with E-state index in [1.165, 1.54) is 24.3 Å². The Labute approximate surface area is 179 Å². The second kappa shape index (κ2) is 8.17. The minimum Gasteiger partial charge on any atom is -0.280 e. The van der Waals surface area contributed by atoms with E-state index in [2.05, 4.69) is 25.4 Å². The highest BCUT2D eigenvalue weighted by molar-refractivity contribution is 9.10. The molecule has 0 unspecified atom stereocenters. The van der Waals surface area contributed by atoms with Crippen molar-refractivity contribution in [1.29, 1.82) is 0 Å². The molecule has 0 aliphatic heterocycles. The maximum absolute atomic E-state index is 12.8. The van der Waals surface area contributed by atoms with Gasteiger partial charge in [-0.05, 0) is 67.4 Å². The number of benzene rings is 3. The first-order valence-corrected chi connectivity index (χ1v) is 12.3. The topological polar surface area (TPSA) is 92.3 Å². The van der Waals surface area contributed by atoms with Crippen LogP contribution in [0.2, 0.25) is 0 Å². The van der Waals surface area contributed by atoms with Gasteiger partial charge in [0.05, 0.1) is 15.5 Å². The van der Waals surface area contributed by atoms with E-state index in [-0.39, 0.29) is 15.5 Å². The highest BCUT2D eigenvalue weighted by Gasteiger charge is 2.19. The maximum Gasteiger partial charge on any atom is 0.261 e. The monoisotopic (exact) mass is 494 g/mol. The molecule has 3 aromatic carbocycles. The number of nitrogens with one attached hydrogen (secondary N) is 2. The predicted octanol–water partition coefficient (Wildman–Crippen LogP) is 4.67. The third-order valence-corrected chi connectivity index (χ3v) is 7.38. The Morgan fingerprint density at radius 2 is 1.38 bits per heavy atom. The molecule has 0 saturated heterocycles. The number of rotatable bonds is 6. The summed E-state index contributed by atoms with van der Waals surface area (Å²) in [5.41, 5.74) is 2.13. The van der Waals surface area contributed by atoms with Gasteiger partial charge in [0.2, 0.25) is 0 Å². The normalized spacial score (nSPS) is 11.8. The Morgan fingerprint density at radius 1 is 0.724 bits per heavy atom. The van der Waals surface area contributed by atoms with Gasteiger partial charge in [-0.25, -0.2) is 16.8 Å². The summed E-state index contributed by atoms with van der Waals surface area (Å²) in [5, 5.41) is 0. The van der Waals surface area contributed by atoms with Gasteiger partial charge in [-0.3, -0.25) is 9.44 Å². The quantitative estimate of drug-likeness (QED) is 0.520. The second-order valence-corrected chi connectivity index (χ2v) is 10.8. The van der Waals surface area contributed by atoms with Gasteiger partial charge < -0.3 is 0 Å². The first-order chi connectivity index (χ1) is 13.6. The van der Waals surface area contributed by atoms with Crippen LogP contribution >= 0.6 is 15.9 Å². The van der Waals surface area contributed by atoms with Crippen molar-refractivity contribution in [2.45, 2.75) is 23.6 Å². The molecule has 0 saturated carbocycles. The highest BCUT2D eigenvalue weighted by atomic mass is 79.9. The molecule has 2 N–H and O–H groups in total. The Morgan fingerprint density at radius 3 is 2.07 bits per heavy atom. The van der Waals surface area contributed by atoms with Crippen molar-refractivity contribution in [3.63, 3.8) is 0 Å². The van der Waals surface area contributed by atoms with Crippen LogP contribution in [0.15, 0.2) is 81.0 Å². The van der Waals surface area contributed by atoms with Gasteiger partial charge >= 0.3 is 0 Å². The second-order valence-electron chi connectivity index (χ2n) is 6.51. The van der Waals surface area contributed by atoms with Crippen molar-refractivity contribution in [3.05, 3.63) is 82.3 Å². The third-order valence-electron chi connectivity index (χ3n) is 4.14. The number of anilines is 2. The van der Waals surface area contributed by atoms with Crippen molar-refractivity contribution in [1.82, 2.24) is 0 Å². The Hall–Kier alpha value is -2.36. The fourth-order valence-corrected chi connectivity index (χ4v) is 5.43. The van der Waals surface area contributed by atoms with E-state index in [0.29, 0.717) is 15.7 Å². The summed E-state index contributed by atoms with van der Waals surface area (Å²) >= 11 is 3.25. The van der Waals surface area contributed by atoms with Crippen LogP contribution in [0.3, 0.4) is 0 Å². The van der Waals surface area contributed by atoms with Gasteiger partial charge in [-0.2, -0.15) is 0 Å². The van der Waals surface area contributed by atoms with Crippen LogP contribution in [0.1, 0.15) is 11.1 Å². The number of aryl methyl sites for hydroxylation is 2. The molecule has 0 spiro atoms. The summed E-state index contributed by atoms with van der Waals surface area (Å²) in [7, 11) is -7.77. The Balaban J connectivity index is 1.93. The lowest BCUT2D eigenvalue weighted by Gasteiger charge is -2.14. The predicted molar refractivity (Wildman–Crippen MR) is 118 cm³/mol. The van der Waals surface area contributed by atoms with Gasteiger partial charge in [-0.1, -0.05) is 40.2 Å². The zero-order valence-electron chi connectivity index (χ0n) is 15.7. The van der Waals surface area contributed by atoms with E-state index >= 15 is 0 Å². The average molecular weight is 495 g/mol. The van der Waals surface area contributed by atoms with Crippen molar-refractivity contribution in [2.24, 2.45) is 0 Å². The van der Waals surface area contributed by atoms with Crippen LogP contribution in [0.25, 0.3) is 0 Å². The molecule has 29 heavy (non-hydrogen) atoms. The molecule has 0 bridgehead atoms. The standard InChI is InChI=1S/C20H19BrN2O4S2/c1-14-5-3-7-17(11-14)22-28(24,25)19-10-9-15(2)20(13-19)23-29(26,27)18-8-4-6-16(21)12-18/h3-13,22-23H,1-2H3. The molecule has 0 amide bonds. The first-order valence-electron chi connectivity index (χ1n) is 8.55. The summed E-state index contributed by atoms with van der Waals surface area (Å²) in [6.07, 6.45) is 0. The molecule has 3 rings (SSSR count). The molecule has 0 fully saturated rings. The number of hydrogen-bond donors (Lipinski definition) is 2. The molecule has 0 heterocycles. The lowest BCUT2D eigenvalue weighted by atomic mass is 10.2. The van der Waals surface area contributed by atoms with Crippen LogP contribution in [0, 0.1) is 13.8 Å². The van der Waals surface area contributed by atoms with E-state index in [0.717, 1.165) is 5.56 Å². The Bertz CT molecular complexity index is 1270. The molecule has 9 heteroatoms. The molecular weight excluding hydrogens is 476 g/mol. The van der Waals surface area contributed by atoms with Crippen LogP contribution in [0.4, 0.5) is 11.4 Å². The van der Waals surface area contributed by atoms with Crippen LogP contribution in [-0.4, -0.2) is 16.8 Å². The zero-order chi connectivity index (χ0) is 21.2. The van der Waals surface area contributed by atoms with Crippen molar-refractivity contribution >= 4 is 47.4 Å². The lowest BCUT2D eigenvalue weighted by molar-refractivity contribution is 0.598. The minimum atomic E-state index is -3.89. The summed E-state index contributed by atoms with van der Waals surface area (Å²) in [4.78, 5) is 0.0222. The summed E-state index contributed by atoms with van der Waals surface area (Å²) in [6, 6.07) is 17.5. The third kappa shape index (κ3) is 5.17. The van der Waals surface area contributed by atoms with Crippen LogP contribution in [-0.2, 0) is 20.0 Å². The first kappa shape index (κ1) is 21.4. The summed E-state index contributed by atoms with van der Waals surface area (Å²) in [5.74, 6) is 0. The molecule has 0 atom stereocenters. The Kier molecular flexibility index (Phi) is 6.02. The van der Waals surface area contributed by atoms with E-state index in [4.69, 9.17) is 0 Å². The SMILES string of the molecule is Cc1cccc(NS(=O)(=O)c2ccc(C)c(NS(=O)(=O)c3cccc(Br)c3)c2)c1. The van der Waals surface area contributed by atoms with Crippen molar-refractivity contribution < 1.29 is 16.8 Å². The fraction of sp³-hybridized carbons (Fsp3) is 0.100. The molecule has 6 nitrogen and oxygen atoms in total. The molecule has 152 valence electrons. The van der Waals surface area contributed by atoms with Crippen LogP contribution in [0.5, 0.6) is 0 Å². The number of sulfonamides is 2. The van der Waals surface area contributed by atoms with Gasteiger partial charge in [0.15, 0.2) is 0 Å². The van der Waals surface area contributed by atoms with E-state index in [1.807, 2.05) is 13.0 Å². The van der Waals surface area contributed by atoms with Gasteiger partial charge in [-0.15, -0.1) is 0 Å². The fourth-order valence-electron chi connectivity index (χ4n) is 2.64. The molecule has 0 aliphatic carbocycles. The van der Waals surface area contributed by atoms with Crippen molar-refractivity contribution in [3.8, 4) is 0 Å². The molecule has 0 aliphatic rings. The molecule has 0 aromatic heterocycles. The zero-order valence-corrected chi connectivity index (χ0v) is 18.9. The number of hydrogen-bond acceptors (Lipinski definition) is 4. The van der Waals surface area contributed by atoms with E-state index in [9.17, 15) is 16.8 Å². The summed E-state index contributed by atoms with van der Waals surface area (Å²) < 4.78 is 56.5. The van der Waals surface area contributed by atoms with Crippen LogP contribution < -0.4 is 9.44 Å². The summed E-state index contributed by atoms with van der Waals surface area (Å²) in [6.45, 7) is 3.56. The smallest absolute Gasteiger partial charge is 0.261 e. The van der Waals surface area contributed by atoms with Gasteiger partial charge in [0.25, 0.3) is 20.0 Å². The molecule has 0 radical (unpaired) electrons. The van der Waals surface area contributed by atoms with E-state index in [1.54, 1.807) is 43.3 Å². The largest absolute Gasteiger partial charge is 0.280 e. The maximum atomic E-state index is 12.8. The average Bonchev–Trinajstić information content (AvgIpc) is 2.63.